The molecule has 1 aliphatic heterocycles. The molecular weight excluding hydrogens is 294 g/mol. The number of hydrogen-bond donors (Lipinski definition) is 1. The Morgan fingerprint density at radius 2 is 2.00 bits per heavy atom. The van der Waals surface area contributed by atoms with Gasteiger partial charge in [-0.05, 0) is 38.8 Å². The molecule has 0 spiro atoms. The number of benzene rings is 1. The summed E-state index contributed by atoms with van der Waals surface area (Å²) in [4.78, 5) is 14.0. The lowest BCUT2D eigenvalue weighted by atomic mass is 9.96. The Morgan fingerprint density at radius 3 is 2.56 bits per heavy atom. The Hall–Kier alpha value is -0.870. The number of aliphatic hydroxyl groups is 1. The average molecular weight is 312 g/mol. The fourth-order valence-corrected chi connectivity index (χ4v) is 2.84. The summed E-state index contributed by atoms with van der Waals surface area (Å²) in [7, 11) is 0. The maximum absolute atomic E-state index is 12.5. The van der Waals surface area contributed by atoms with Crippen molar-refractivity contribution in [3.63, 3.8) is 0 Å². The lowest BCUT2D eigenvalue weighted by Gasteiger charge is -2.42. The van der Waals surface area contributed by atoms with E-state index in [0.29, 0.717) is 18.5 Å². The second-order valence-corrected chi connectivity index (χ2v) is 7.20. The van der Waals surface area contributed by atoms with Gasteiger partial charge in [0.05, 0.1) is 4.32 Å². The Morgan fingerprint density at radius 1 is 1.39 bits per heavy atom. The molecule has 1 saturated heterocycles. The van der Waals surface area contributed by atoms with Gasteiger partial charge in [0, 0.05) is 12.1 Å². The summed E-state index contributed by atoms with van der Waals surface area (Å²) in [6.45, 7) is 4.38. The molecule has 0 unspecified atom stereocenters. The van der Waals surface area contributed by atoms with E-state index in [1.54, 1.807) is 17.0 Å². The minimum absolute atomic E-state index is 0.108. The second-order valence-electron chi connectivity index (χ2n) is 5.22. The van der Waals surface area contributed by atoms with Gasteiger partial charge in [0.1, 0.15) is 0 Å². The molecule has 98 valence electrons. The monoisotopic (exact) mass is 311 g/mol. The van der Waals surface area contributed by atoms with Crippen molar-refractivity contribution in [2.45, 2.75) is 36.7 Å². The van der Waals surface area contributed by atoms with Crippen molar-refractivity contribution >= 4 is 21.8 Å². The lowest BCUT2D eigenvalue weighted by Crippen LogP contribution is -2.57. The number of nitrogens with zero attached hydrogens (tertiary/aromatic N) is 1. The SMILES string of the molecule is CC(C)(Br)[C@]1(O)CCCN1C(=O)c1ccccc1. The van der Waals surface area contributed by atoms with E-state index in [4.69, 9.17) is 0 Å². The molecule has 2 rings (SSSR count). The van der Waals surface area contributed by atoms with Crippen LogP contribution in [0, 0.1) is 0 Å². The van der Waals surface area contributed by atoms with Crippen LogP contribution in [0.5, 0.6) is 0 Å². The minimum atomic E-state index is -1.13. The van der Waals surface area contributed by atoms with E-state index in [0.717, 1.165) is 6.42 Å². The van der Waals surface area contributed by atoms with Gasteiger partial charge in [0.2, 0.25) is 0 Å². The summed E-state index contributed by atoms with van der Waals surface area (Å²) in [5, 5.41) is 10.8. The van der Waals surface area contributed by atoms with E-state index >= 15 is 0 Å². The molecule has 1 aliphatic rings. The van der Waals surface area contributed by atoms with Crippen molar-refractivity contribution in [3.8, 4) is 0 Å². The van der Waals surface area contributed by atoms with E-state index < -0.39 is 10.0 Å². The van der Waals surface area contributed by atoms with Crippen LogP contribution in [-0.2, 0) is 0 Å². The molecule has 1 N–H and O–H groups in total. The molecule has 1 fully saturated rings. The minimum Gasteiger partial charge on any atom is -0.369 e. The molecule has 1 aromatic rings. The standard InChI is InChI=1S/C14H18BrNO2/c1-13(2,15)14(18)9-6-10-16(14)12(17)11-7-4-3-5-8-11/h3-5,7-8,18H,6,9-10H2,1-2H3/t14-/m1/s1. The van der Waals surface area contributed by atoms with E-state index in [1.807, 2.05) is 32.0 Å². The van der Waals surface area contributed by atoms with Gasteiger partial charge in [-0.3, -0.25) is 4.79 Å². The number of amides is 1. The van der Waals surface area contributed by atoms with Crippen LogP contribution in [0.2, 0.25) is 0 Å². The van der Waals surface area contributed by atoms with Gasteiger partial charge in [-0.25, -0.2) is 0 Å². The van der Waals surface area contributed by atoms with Crippen molar-refractivity contribution in [2.24, 2.45) is 0 Å². The average Bonchev–Trinajstić information content (AvgIpc) is 2.72. The quantitative estimate of drug-likeness (QED) is 0.853. The third-order valence-electron chi connectivity index (χ3n) is 3.57. The van der Waals surface area contributed by atoms with Crippen molar-refractivity contribution < 1.29 is 9.90 Å². The largest absolute Gasteiger partial charge is 0.369 e. The first-order chi connectivity index (χ1) is 8.36. The third-order valence-corrected chi connectivity index (χ3v) is 4.21. The van der Waals surface area contributed by atoms with Crippen LogP contribution >= 0.6 is 15.9 Å². The number of likely N-dealkylation sites (tertiary alicyclic amines) is 1. The maximum atomic E-state index is 12.5. The number of carbonyl (C=O) groups is 1. The van der Waals surface area contributed by atoms with E-state index in [9.17, 15) is 9.90 Å². The summed E-state index contributed by atoms with van der Waals surface area (Å²) in [5.41, 5.74) is -0.505. The van der Waals surface area contributed by atoms with Gasteiger partial charge in [0.25, 0.3) is 5.91 Å². The summed E-state index contributed by atoms with van der Waals surface area (Å²) in [6.07, 6.45) is 1.42. The van der Waals surface area contributed by atoms with Crippen LogP contribution in [0.3, 0.4) is 0 Å². The molecular formula is C14H18BrNO2. The highest BCUT2D eigenvalue weighted by molar-refractivity contribution is 9.10. The molecule has 1 aromatic carbocycles. The molecule has 0 bridgehead atoms. The molecule has 4 heteroatoms. The zero-order valence-corrected chi connectivity index (χ0v) is 12.3. The molecule has 18 heavy (non-hydrogen) atoms. The van der Waals surface area contributed by atoms with Gasteiger partial charge < -0.3 is 10.0 Å². The third kappa shape index (κ3) is 2.19. The van der Waals surface area contributed by atoms with Crippen LogP contribution in [0.15, 0.2) is 30.3 Å². The Labute approximate surface area is 116 Å². The lowest BCUT2D eigenvalue weighted by molar-refractivity contribution is -0.0815. The maximum Gasteiger partial charge on any atom is 0.256 e. The first-order valence-electron chi connectivity index (χ1n) is 6.14. The first kappa shape index (κ1) is 13.6. The molecule has 1 amide bonds. The van der Waals surface area contributed by atoms with Gasteiger partial charge in [-0.1, -0.05) is 34.1 Å². The summed E-state index contributed by atoms with van der Waals surface area (Å²) in [6, 6.07) is 9.11. The molecule has 1 heterocycles. The predicted octanol–water partition coefficient (Wildman–Crippen LogP) is 2.78. The highest BCUT2D eigenvalue weighted by Gasteiger charge is 2.51. The van der Waals surface area contributed by atoms with Crippen molar-refractivity contribution in [3.05, 3.63) is 35.9 Å². The number of alkyl halides is 1. The van der Waals surface area contributed by atoms with Gasteiger partial charge >= 0.3 is 0 Å². The van der Waals surface area contributed by atoms with Crippen LogP contribution in [0.1, 0.15) is 37.0 Å². The zero-order valence-electron chi connectivity index (χ0n) is 10.7. The number of halogens is 1. The van der Waals surface area contributed by atoms with Crippen LogP contribution in [0.4, 0.5) is 0 Å². The van der Waals surface area contributed by atoms with Crippen LogP contribution in [0.25, 0.3) is 0 Å². The van der Waals surface area contributed by atoms with Crippen LogP contribution < -0.4 is 0 Å². The highest BCUT2D eigenvalue weighted by atomic mass is 79.9. The number of hydrogen-bond acceptors (Lipinski definition) is 2. The number of rotatable bonds is 2. The van der Waals surface area contributed by atoms with Crippen molar-refractivity contribution in [2.75, 3.05) is 6.54 Å². The van der Waals surface area contributed by atoms with Crippen LogP contribution in [-0.4, -0.2) is 32.5 Å². The summed E-state index contributed by atoms with van der Waals surface area (Å²) >= 11 is 3.50. The normalized spacial score (nSPS) is 24.3. The second kappa shape index (κ2) is 4.67. The van der Waals surface area contributed by atoms with Gasteiger partial charge in [-0.2, -0.15) is 0 Å². The van der Waals surface area contributed by atoms with Crippen molar-refractivity contribution in [1.82, 2.24) is 4.90 Å². The van der Waals surface area contributed by atoms with Gasteiger partial charge in [-0.15, -0.1) is 0 Å². The predicted molar refractivity (Wildman–Crippen MR) is 74.7 cm³/mol. The van der Waals surface area contributed by atoms with E-state index in [2.05, 4.69) is 15.9 Å². The van der Waals surface area contributed by atoms with Gasteiger partial charge in [0.15, 0.2) is 5.72 Å². The Balaban J connectivity index is 2.31. The van der Waals surface area contributed by atoms with E-state index in [-0.39, 0.29) is 5.91 Å². The topological polar surface area (TPSA) is 40.5 Å². The van der Waals surface area contributed by atoms with Crippen molar-refractivity contribution in [1.29, 1.82) is 0 Å². The smallest absolute Gasteiger partial charge is 0.256 e. The highest BCUT2D eigenvalue weighted by Crippen LogP contribution is 2.41. The number of carbonyl (C=O) groups excluding carboxylic acids is 1. The van der Waals surface area contributed by atoms with E-state index in [1.165, 1.54) is 0 Å². The Kier molecular flexibility index (Phi) is 3.52. The fourth-order valence-electron chi connectivity index (χ4n) is 2.43. The molecule has 1 atom stereocenters. The molecule has 0 aliphatic carbocycles. The Bertz CT molecular complexity index is 441. The zero-order chi connectivity index (χ0) is 13.4. The molecule has 0 saturated carbocycles. The summed E-state index contributed by atoms with van der Waals surface area (Å²) < 4.78 is -0.527. The molecule has 3 nitrogen and oxygen atoms in total. The first-order valence-corrected chi connectivity index (χ1v) is 6.94. The summed E-state index contributed by atoms with van der Waals surface area (Å²) in [5.74, 6) is -0.108. The molecule has 0 aromatic heterocycles. The molecule has 0 radical (unpaired) electrons. The fraction of sp³-hybridized carbons (Fsp3) is 0.500.